The summed E-state index contributed by atoms with van der Waals surface area (Å²) in [6.45, 7) is -0.323. The highest BCUT2D eigenvalue weighted by molar-refractivity contribution is 7.12. The van der Waals surface area contributed by atoms with E-state index in [4.69, 9.17) is 24.2 Å². The second-order valence-electron chi connectivity index (χ2n) is 8.06. The van der Waals surface area contributed by atoms with Crippen molar-refractivity contribution in [3.05, 3.63) is 94.7 Å². The Morgan fingerprint density at radius 1 is 0.757 bits per heavy atom. The van der Waals surface area contributed by atoms with Crippen LogP contribution in [0.2, 0.25) is 0 Å². The maximum absolute atomic E-state index is 12.7. The molecule has 0 N–H and O–H groups in total. The van der Waals surface area contributed by atoms with E-state index < -0.39 is 5.97 Å². The average Bonchev–Trinajstić information content (AvgIpc) is 3.50. The van der Waals surface area contributed by atoms with Gasteiger partial charge in [-0.05, 0) is 78.2 Å². The van der Waals surface area contributed by atoms with Gasteiger partial charge < -0.3 is 14.2 Å². The molecule has 0 unspecified atom stereocenters. The Morgan fingerprint density at radius 3 is 1.89 bits per heavy atom. The van der Waals surface area contributed by atoms with Crippen molar-refractivity contribution in [2.45, 2.75) is 0 Å². The normalized spacial score (nSPS) is 10.8. The number of ether oxygens (including phenoxy) is 3. The van der Waals surface area contributed by atoms with Gasteiger partial charge in [-0.1, -0.05) is 6.07 Å². The number of ketones is 1. The monoisotopic (exact) mass is 510 g/mol. The van der Waals surface area contributed by atoms with Gasteiger partial charge in [0, 0.05) is 11.1 Å². The van der Waals surface area contributed by atoms with E-state index in [0.29, 0.717) is 32.9 Å². The third-order valence-corrected chi connectivity index (χ3v) is 6.67. The van der Waals surface area contributed by atoms with Crippen LogP contribution in [0.5, 0.6) is 11.5 Å². The molecule has 0 aliphatic rings. The van der Waals surface area contributed by atoms with Crippen molar-refractivity contribution in [2.75, 3.05) is 20.8 Å². The van der Waals surface area contributed by atoms with Gasteiger partial charge in [-0.15, -0.1) is 11.3 Å². The number of rotatable bonds is 8. The molecule has 0 saturated carbocycles. The Morgan fingerprint density at radius 2 is 1.35 bits per heavy atom. The first kappa shape index (κ1) is 24.1. The number of benzene rings is 3. The Hall–Kier alpha value is -4.56. The summed E-state index contributed by atoms with van der Waals surface area (Å²) in [7, 11) is 3.23. The Labute approximate surface area is 217 Å². The number of fused-ring (bicyclic) bond motifs is 1. The SMILES string of the molecule is COc1ccc(-c2nc3ccc(C(=O)OCC(=O)c4cccs4)cc3nc2-c2ccc(OC)cc2)cc1. The lowest BCUT2D eigenvalue weighted by molar-refractivity contribution is 0.0476. The topological polar surface area (TPSA) is 87.6 Å². The molecule has 0 radical (unpaired) electrons. The molecule has 2 aromatic heterocycles. The van der Waals surface area contributed by atoms with Gasteiger partial charge in [0.15, 0.2) is 6.61 Å². The van der Waals surface area contributed by atoms with Gasteiger partial charge in [0.05, 0.1) is 47.1 Å². The van der Waals surface area contributed by atoms with Gasteiger partial charge in [-0.3, -0.25) is 4.79 Å². The van der Waals surface area contributed by atoms with Crippen LogP contribution in [0.4, 0.5) is 0 Å². The van der Waals surface area contributed by atoms with Crippen LogP contribution in [0, 0.1) is 0 Å². The van der Waals surface area contributed by atoms with Crippen LogP contribution in [-0.2, 0) is 4.74 Å². The highest BCUT2D eigenvalue weighted by Gasteiger charge is 2.17. The number of hydrogen-bond donors (Lipinski definition) is 0. The first-order chi connectivity index (χ1) is 18.1. The summed E-state index contributed by atoms with van der Waals surface area (Å²) < 4.78 is 15.9. The van der Waals surface area contributed by atoms with E-state index in [9.17, 15) is 9.59 Å². The van der Waals surface area contributed by atoms with Crippen LogP contribution in [0.15, 0.2) is 84.2 Å². The van der Waals surface area contributed by atoms with Gasteiger partial charge in [0.1, 0.15) is 11.5 Å². The van der Waals surface area contributed by atoms with Crippen LogP contribution in [0.25, 0.3) is 33.5 Å². The summed E-state index contributed by atoms with van der Waals surface area (Å²) in [6.07, 6.45) is 0. The van der Waals surface area contributed by atoms with Crippen molar-refractivity contribution >= 4 is 34.1 Å². The number of thiophene rings is 1. The van der Waals surface area contributed by atoms with Crippen LogP contribution in [0.3, 0.4) is 0 Å². The van der Waals surface area contributed by atoms with Gasteiger partial charge in [0.2, 0.25) is 5.78 Å². The Bertz CT molecular complexity index is 1560. The standard InChI is InChI=1S/C29H22N2O5S/c1-34-21-10-5-18(6-11-21)27-28(19-7-12-22(35-2)13-8-19)31-24-16-20(9-14-23(24)30-27)29(33)36-17-25(32)26-4-3-15-37-26/h3-16H,17H2,1-2H3. The molecule has 5 aromatic rings. The number of nitrogens with zero attached hydrogens (tertiary/aromatic N) is 2. The van der Waals surface area contributed by atoms with Crippen molar-refractivity contribution < 1.29 is 23.8 Å². The van der Waals surface area contributed by atoms with E-state index in [-0.39, 0.29) is 12.4 Å². The summed E-state index contributed by atoms with van der Waals surface area (Å²) in [5, 5.41) is 1.80. The minimum absolute atomic E-state index is 0.241. The molecule has 184 valence electrons. The van der Waals surface area contributed by atoms with Gasteiger partial charge in [-0.25, -0.2) is 14.8 Å². The molecule has 0 aliphatic carbocycles. The van der Waals surface area contributed by atoms with E-state index in [0.717, 1.165) is 22.6 Å². The molecule has 3 aromatic carbocycles. The molecule has 5 rings (SSSR count). The molecule has 8 heteroatoms. The Balaban J connectivity index is 1.51. The number of aromatic nitrogens is 2. The highest BCUT2D eigenvalue weighted by Crippen LogP contribution is 2.33. The van der Waals surface area contributed by atoms with Crippen LogP contribution >= 0.6 is 11.3 Å². The first-order valence-corrected chi connectivity index (χ1v) is 12.3. The van der Waals surface area contributed by atoms with Gasteiger partial charge in [-0.2, -0.15) is 0 Å². The number of carbonyl (C=O) groups is 2. The number of Topliss-reactive ketones (excluding diaryl/α,β-unsaturated/α-hetero) is 1. The second-order valence-corrected chi connectivity index (χ2v) is 9.01. The lowest BCUT2D eigenvalue weighted by atomic mass is 10.0. The summed E-state index contributed by atoms with van der Waals surface area (Å²) in [6, 6.07) is 23.6. The van der Waals surface area contributed by atoms with Gasteiger partial charge in [0.25, 0.3) is 0 Å². The summed E-state index contributed by atoms with van der Waals surface area (Å²) in [5.41, 5.74) is 4.50. The molecule has 2 heterocycles. The van der Waals surface area contributed by atoms with E-state index in [1.54, 1.807) is 49.9 Å². The zero-order valence-electron chi connectivity index (χ0n) is 20.1. The summed E-state index contributed by atoms with van der Waals surface area (Å²) in [4.78, 5) is 35.2. The van der Waals surface area contributed by atoms with E-state index in [2.05, 4.69) is 0 Å². The van der Waals surface area contributed by atoms with Crippen LogP contribution in [0.1, 0.15) is 20.0 Å². The first-order valence-electron chi connectivity index (χ1n) is 11.4. The maximum atomic E-state index is 12.7. The molecule has 0 atom stereocenters. The molecule has 0 bridgehead atoms. The third kappa shape index (κ3) is 5.19. The largest absolute Gasteiger partial charge is 0.497 e. The Kier molecular flexibility index (Phi) is 6.91. The predicted octanol–water partition coefficient (Wildman–Crippen LogP) is 6.08. The molecule has 0 fully saturated rings. The van der Waals surface area contributed by atoms with E-state index in [1.807, 2.05) is 48.5 Å². The molecule has 7 nitrogen and oxygen atoms in total. The highest BCUT2D eigenvalue weighted by atomic mass is 32.1. The molecular weight excluding hydrogens is 488 g/mol. The third-order valence-electron chi connectivity index (χ3n) is 5.76. The number of esters is 1. The molecular formula is C29H22N2O5S. The molecule has 0 aliphatic heterocycles. The lowest BCUT2D eigenvalue weighted by Crippen LogP contribution is -2.13. The molecule has 0 spiro atoms. The minimum Gasteiger partial charge on any atom is -0.497 e. The predicted molar refractivity (Wildman–Crippen MR) is 142 cm³/mol. The second kappa shape index (κ2) is 10.6. The van der Waals surface area contributed by atoms with Crippen molar-refractivity contribution in [3.63, 3.8) is 0 Å². The average molecular weight is 511 g/mol. The molecule has 37 heavy (non-hydrogen) atoms. The van der Waals surface area contributed by atoms with Crippen molar-refractivity contribution in [1.82, 2.24) is 9.97 Å². The fourth-order valence-electron chi connectivity index (χ4n) is 3.80. The summed E-state index contributed by atoms with van der Waals surface area (Å²) in [5.74, 6) is 0.628. The quantitative estimate of drug-likeness (QED) is 0.185. The smallest absolute Gasteiger partial charge is 0.338 e. The number of methoxy groups -OCH3 is 2. The number of carbonyl (C=O) groups excluding carboxylic acids is 2. The van der Waals surface area contributed by atoms with Crippen LogP contribution in [-0.4, -0.2) is 42.5 Å². The molecule has 0 amide bonds. The fraction of sp³-hybridized carbons (Fsp3) is 0.103. The van der Waals surface area contributed by atoms with Gasteiger partial charge >= 0.3 is 5.97 Å². The maximum Gasteiger partial charge on any atom is 0.338 e. The van der Waals surface area contributed by atoms with Crippen molar-refractivity contribution in [2.24, 2.45) is 0 Å². The zero-order valence-corrected chi connectivity index (χ0v) is 21.0. The fourth-order valence-corrected chi connectivity index (χ4v) is 4.46. The number of hydrogen-bond acceptors (Lipinski definition) is 8. The van der Waals surface area contributed by atoms with Crippen LogP contribution < -0.4 is 9.47 Å². The van der Waals surface area contributed by atoms with Crippen molar-refractivity contribution in [3.8, 4) is 34.0 Å². The minimum atomic E-state index is -0.598. The van der Waals surface area contributed by atoms with Crippen molar-refractivity contribution in [1.29, 1.82) is 0 Å². The van der Waals surface area contributed by atoms with E-state index >= 15 is 0 Å². The zero-order chi connectivity index (χ0) is 25.8. The van der Waals surface area contributed by atoms with E-state index in [1.165, 1.54) is 11.3 Å². The lowest BCUT2D eigenvalue weighted by Gasteiger charge is -2.12. The molecule has 0 saturated heterocycles. The summed E-state index contributed by atoms with van der Waals surface area (Å²) >= 11 is 1.31.